The predicted octanol–water partition coefficient (Wildman–Crippen LogP) is 2.54. The van der Waals surface area contributed by atoms with E-state index in [-0.39, 0.29) is 11.9 Å². The summed E-state index contributed by atoms with van der Waals surface area (Å²) in [5.74, 6) is 2.52. The zero-order chi connectivity index (χ0) is 19.3. The number of hydrogen-bond acceptors (Lipinski definition) is 5. The minimum atomic E-state index is -0.131. The molecule has 2 aromatic carbocycles. The number of carbonyl (C=O) groups is 1. The highest BCUT2D eigenvalue weighted by Crippen LogP contribution is 2.25. The summed E-state index contributed by atoms with van der Waals surface area (Å²) in [6.45, 7) is 3.28. The average Bonchev–Trinajstić information content (AvgIpc) is 3.53. The molecule has 1 heterocycles. The van der Waals surface area contributed by atoms with Crippen molar-refractivity contribution in [2.45, 2.75) is 31.5 Å². The minimum Gasteiger partial charge on any atom is -0.497 e. The quantitative estimate of drug-likeness (QED) is 0.772. The van der Waals surface area contributed by atoms with Crippen LogP contribution >= 0.6 is 0 Å². The highest BCUT2D eigenvalue weighted by molar-refractivity contribution is 5.82. The molecular weight excluding hydrogens is 354 g/mol. The van der Waals surface area contributed by atoms with Crippen LogP contribution in [-0.4, -0.2) is 49.6 Å². The second-order valence-electron chi connectivity index (χ2n) is 7.45. The van der Waals surface area contributed by atoms with E-state index in [2.05, 4.69) is 27.7 Å². The van der Waals surface area contributed by atoms with Crippen molar-refractivity contribution >= 4 is 5.91 Å². The summed E-state index contributed by atoms with van der Waals surface area (Å²) in [7, 11) is 1.65. The Morgan fingerprint density at radius 1 is 1.14 bits per heavy atom. The molecule has 2 aromatic rings. The third-order valence-electron chi connectivity index (χ3n) is 5.10. The van der Waals surface area contributed by atoms with E-state index in [1.165, 1.54) is 5.56 Å². The van der Waals surface area contributed by atoms with Gasteiger partial charge in [0.25, 0.3) is 0 Å². The third kappa shape index (κ3) is 5.03. The van der Waals surface area contributed by atoms with Crippen LogP contribution in [0.25, 0.3) is 0 Å². The Kier molecular flexibility index (Phi) is 5.78. The van der Waals surface area contributed by atoms with E-state index in [9.17, 15) is 4.79 Å². The van der Waals surface area contributed by atoms with E-state index in [0.29, 0.717) is 6.04 Å². The van der Waals surface area contributed by atoms with Crippen molar-refractivity contribution < 1.29 is 14.3 Å². The lowest BCUT2D eigenvalue weighted by atomic mass is 10.1. The Morgan fingerprint density at radius 3 is 2.68 bits per heavy atom. The van der Waals surface area contributed by atoms with Gasteiger partial charge in [-0.1, -0.05) is 12.1 Å². The Hall–Kier alpha value is -2.57. The normalized spacial score (nSPS) is 19.8. The van der Waals surface area contributed by atoms with Crippen LogP contribution in [0, 0.1) is 0 Å². The summed E-state index contributed by atoms with van der Waals surface area (Å²) in [6.07, 6.45) is 2.23. The Balaban J connectivity index is 1.35. The van der Waals surface area contributed by atoms with Crippen LogP contribution in [0.4, 0.5) is 0 Å². The zero-order valence-corrected chi connectivity index (χ0v) is 16.2. The molecule has 148 valence electrons. The molecule has 0 radical (unpaired) electrons. The van der Waals surface area contributed by atoms with Crippen LogP contribution < -0.4 is 20.1 Å². The topological polar surface area (TPSA) is 62.8 Å². The lowest BCUT2D eigenvalue weighted by molar-refractivity contribution is -0.124. The molecule has 28 heavy (non-hydrogen) atoms. The predicted molar refractivity (Wildman–Crippen MR) is 108 cm³/mol. The Morgan fingerprint density at radius 2 is 1.93 bits per heavy atom. The van der Waals surface area contributed by atoms with Gasteiger partial charge in [-0.3, -0.25) is 9.69 Å². The van der Waals surface area contributed by atoms with Gasteiger partial charge >= 0.3 is 0 Å². The number of nitrogens with zero attached hydrogens (tertiary/aromatic N) is 1. The molecule has 6 heteroatoms. The van der Waals surface area contributed by atoms with Crippen molar-refractivity contribution in [3.8, 4) is 17.2 Å². The van der Waals surface area contributed by atoms with Gasteiger partial charge in [0.1, 0.15) is 17.2 Å². The SMILES string of the molecule is COc1ccc(Oc2cccc(CN3CCN[C@H](C(=O)NC4CC4)C3)c2)cc1. The van der Waals surface area contributed by atoms with Crippen LogP contribution in [-0.2, 0) is 11.3 Å². The molecule has 1 aliphatic heterocycles. The number of piperazine rings is 1. The lowest BCUT2D eigenvalue weighted by Crippen LogP contribution is -2.57. The van der Waals surface area contributed by atoms with Gasteiger partial charge in [0, 0.05) is 32.2 Å². The number of amides is 1. The van der Waals surface area contributed by atoms with Crippen molar-refractivity contribution in [2.75, 3.05) is 26.7 Å². The number of benzene rings is 2. The molecule has 1 aliphatic carbocycles. The average molecular weight is 381 g/mol. The molecule has 0 aromatic heterocycles. The van der Waals surface area contributed by atoms with Gasteiger partial charge in [0.2, 0.25) is 5.91 Å². The maximum absolute atomic E-state index is 12.3. The van der Waals surface area contributed by atoms with Crippen molar-refractivity contribution in [1.82, 2.24) is 15.5 Å². The fraction of sp³-hybridized carbons (Fsp3) is 0.409. The molecule has 1 saturated carbocycles. The first-order valence-electron chi connectivity index (χ1n) is 9.86. The highest BCUT2D eigenvalue weighted by atomic mass is 16.5. The first-order chi connectivity index (χ1) is 13.7. The van der Waals surface area contributed by atoms with E-state index in [1.54, 1.807) is 7.11 Å². The third-order valence-corrected chi connectivity index (χ3v) is 5.10. The van der Waals surface area contributed by atoms with E-state index >= 15 is 0 Å². The van der Waals surface area contributed by atoms with Crippen molar-refractivity contribution in [1.29, 1.82) is 0 Å². The fourth-order valence-corrected chi connectivity index (χ4v) is 3.40. The molecule has 6 nitrogen and oxygen atoms in total. The molecule has 2 N–H and O–H groups in total. The zero-order valence-electron chi connectivity index (χ0n) is 16.2. The molecule has 0 spiro atoms. The van der Waals surface area contributed by atoms with Gasteiger partial charge in [-0.25, -0.2) is 0 Å². The van der Waals surface area contributed by atoms with Gasteiger partial charge in [0.15, 0.2) is 0 Å². The molecule has 2 fully saturated rings. The second kappa shape index (κ2) is 8.63. The van der Waals surface area contributed by atoms with E-state index < -0.39 is 0 Å². The summed E-state index contributed by atoms with van der Waals surface area (Å²) >= 11 is 0. The summed E-state index contributed by atoms with van der Waals surface area (Å²) in [4.78, 5) is 14.6. The van der Waals surface area contributed by atoms with Gasteiger partial charge in [0.05, 0.1) is 13.2 Å². The number of ether oxygens (including phenoxy) is 2. The number of hydrogen-bond donors (Lipinski definition) is 2. The first kappa shape index (κ1) is 18.8. The Labute approximate surface area is 165 Å². The molecule has 2 aliphatic rings. The van der Waals surface area contributed by atoms with Gasteiger partial charge in [-0.2, -0.15) is 0 Å². The maximum Gasteiger partial charge on any atom is 0.238 e. The molecule has 0 bridgehead atoms. The smallest absolute Gasteiger partial charge is 0.238 e. The standard InChI is InChI=1S/C22H27N3O3/c1-27-18-7-9-19(10-8-18)28-20-4-2-3-16(13-20)14-25-12-11-23-21(15-25)22(26)24-17-5-6-17/h2-4,7-10,13,17,21,23H,5-6,11-12,14-15H2,1H3,(H,24,26)/t21-/m0/s1. The van der Waals surface area contributed by atoms with Gasteiger partial charge < -0.3 is 20.1 Å². The van der Waals surface area contributed by atoms with Crippen molar-refractivity contribution in [3.05, 3.63) is 54.1 Å². The summed E-state index contributed by atoms with van der Waals surface area (Å²) in [6, 6.07) is 15.9. The highest BCUT2D eigenvalue weighted by Gasteiger charge is 2.30. The van der Waals surface area contributed by atoms with Crippen molar-refractivity contribution in [3.63, 3.8) is 0 Å². The minimum absolute atomic E-state index is 0.129. The molecule has 1 atom stereocenters. The largest absolute Gasteiger partial charge is 0.497 e. The molecule has 4 rings (SSSR count). The van der Waals surface area contributed by atoms with Gasteiger partial charge in [-0.05, 0) is 54.8 Å². The lowest BCUT2D eigenvalue weighted by Gasteiger charge is -2.33. The summed E-state index contributed by atoms with van der Waals surface area (Å²) in [5, 5.41) is 6.43. The molecule has 1 saturated heterocycles. The number of methoxy groups -OCH3 is 1. The molecule has 0 unspecified atom stereocenters. The maximum atomic E-state index is 12.3. The molecular formula is C22H27N3O3. The van der Waals surface area contributed by atoms with Crippen LogP contribution in [0.15, 0.2) is 48.5 Å². The number of rotatable bonds is 7. The van der Waals surface area contributed by atoms with E-state index in [4.69, 9.17) is 9.47 Å². The summed E-state index contributed by atoms with van der Waals surface area (Å²) in [5.41, 5.74) is 1.18. The van der Waals surface area contributed by atoms with Gasteiger partial charge in [-0.15, -0.1) is 0 Å². The summed E-state index contributed by atoms with van der Waals surface area (Å²) < 4.78 is 11.1. The number of nitrogens with one attached hydrogen (secondary N) is 2. The second-order valence-corrected chi connectivity index (χ2v) is 7.45. The van der Waals surface area contributed by atoms with Crippen LogP contribution in [0.5, 0.6) is 17.2 Å². The van der Waals surface area contributed by atoms with Crippen LogP contribution in [0.1, 0.15) is 18.4 Å². The van der Waals surface area contributed by atoms with Crippen molar-refractivity contribution in [2.24, 2.45) is 0 Å². The number of carbonyl (C=O) groups excluding carboxylic acids is 1. The monoisotopic (exact) mass is 381 g/mol. The van der Waals surface area contributed by atoms with E-state index in [1.807, 2.05) is 36.4 Å². The van der Waals surface area contributed by atoms with Crippen LogP contribution in [0.3, 0.4) is 0 Å². The molecule has 1 amide bonds. The first-order valence-corrected chi connectivity index (χ1v) is 9.86. The van der Waals surface area contributed by atoms with E-state index in [0.717, 1.165) is 56.3 Å². The van der Waals surface area contributed by atoms with Crippen LogP contribution in [0.2, 0.25) is 0 Å². The Bertz CT molecular complexity index is 805. The fourth-order valence-electron chi connectivity index (χ4n) is 3.40.